The highest BCUT2D eigenvalue weighted by Gasteiger charge is 2.17. The lowest BCUT2D eigenvalue weighted by molar-refractivity contribution is -0.116. The molecular formula is C15H20N2O5S. The molecule has 23 heavy (non-hydrogen) atoms. The van der Waals surface area contributed by atoms with E-state index in [4.69, 9.17) is 9.47 Å². The molecule has 1 aliphatic heterocycles. The Morgan fingerprint density at radius 2 is 2.04 bits per heavy atom. The monoisotopic (exact) mass is 340 g/mol. The van der Waals surface area contributed by atoms with Crippen molar-refractivity contribution in [2.75, 3.05) is 37.9 Å². The van der Waals surface area contributed by atoms with Gasteiger partial charge in [0.2, 0.25) is 15.9 Å². The molecule has 0 spiro atoms. The molecule has 0 aliphatic carbocycles. The number of benzene rings is 1. The Hall–Kier alpha value is -2.06. The second-order valence-corrected chi connectivity index (χ2v) is 7.05. The fraction of sp³-hybridized carbons (Fsp3) is 0.400. The van der Waals surface area contributed by atoms with Gasteiger partial charge in [0.1, 0.15) is 13.2 Å². The molecule has 1 aliphatic rings. The minimum absolute atomic E-state index is 0.0509. The number of sulfonamides is 1. The van der Waals surface area contributed by atoms with Crippen molar-refractivity contribution < 1.29 is 22.7 Å². The first-order chi connectivity index (χ1) is 10.9. The number of anilines is 1. The van der Waals surface area contributed by atoms with Gasteiger partial charge in [-0.05, 0) is 12.1 Å². The summed E-state index contributed by atoms with van der Waals surface area (Å²) in [4.78, 5) is 12.0. The Morgan fingerprint density at radius 3 is 2.70 bits per heavy atom. The average Bonchev–Trinajstić information content (AvgIpc) is 2.50. The fourth-order valence-electron chi connectivity index (χ4n) is 2.11. The summed E-state index contributed by atoms with van der Waals surface area (Å²) < 4.78 is 35.2. The molecule has 1 aromatic carbocycles. The van der Waals surface area contributed by atoms with E-state index in [1.807, 2.05) is 0 Å². The van der Waals surface area contributed by atoms with Crippen LogP contribution in [0.25, 0.3) is 0 Å². The number of amides is 1. The molecule has 7 nitrogen and oxygen atoms in total. The number of hydrogen-bond donors (Lipinski definition) is 1. The van der Waals surface area contributed by atoms with E-state index in [1.165, 1.54) is 10.4 Å². The van der Waals surface area contributed by atoms with Crippen LogP contribution in [0.5, 0.6) is 11.5 Å². The Bertz CT molecular complexity index is 687. The van der Waals surface area contributed by atoms with Crippen molar-refractivity contribution in [2.45, 2.75) is 6.42 Å². The predicted octanol–water partition coefficient (Wildman–Crippen LogP) is 1.23. The van der Waals surface area contributed by atoms with Crippen molar-refractivity contribution in [2.24, 2.45) is 0 Å². The van der Waals surface area contributed by atoms with Crippen molar-refractivity contribution in [1.29, 1.82) is 0 Å². The Kier molecular flexibility index (Phi) is 5.62. The maximum absolute atomic E-state index is 12.0. The van der Waals surface area contributed by atoms with Gasteiger partial charge in [-0.1, -0.05) is 6.08 Å². The summed E-state index contributed by atoms with van der Waals surface area (Å²) in [5, 5.41) is 2.72. The molecular weight excluding hydrogens is 320 g/mol. The predicted molar refractivity (Wildman–Crippen MR) is 87.3 cm³/mol. The van der Waals surface area contributed by atoms with Crippen molar-refractivity contribution in [3.05, 3.63) is 30.9 Å². The van der Waals surface area contributed by atoms with Crippen molar-refractivity contribution >= 4 is 21.6 Å². The third-order valence-corrected chi connectivity index (χ3v) is 4.49. The lowest BCUT2D eigenvalue weighted by atomic mass is 10.2. The van der Waals surface area contributed by atoms with E-state index in [0.29, 0.717) is 30.4 Å². The highest BCUT2D eigenvalue weighted by atomic mass is 32.2. The molecule has 2 rings (SSSR count). The van der Waals surface area contributed by atoms with Crippen molar-refractivity contribution in [1.82, 2.24) is 4.31 Å². The lowest BCUT2D eigenvalue weighted by Crippen LogP contribution is -2.33. The zero-order chi connectivity index (χ0) is 16.9. The number of fused-ring (bicyclic) bond motifs is 1. The van der Waals surface area contributed by atoms with E-state index in [1.54, 1.807) is 18.2 Å². The summed E-state index contributed by atoms with van der Waals surface area (Å²) in [6.45, 7) is 4.76. The summed E-state index contributed by atoms with van der Waals surface area (Å²) in [5.41, 5.74) is 0.578. The maximum Gasteiger partial charge on any atom is 0.225 e. The molecule has 0 fully saturated rings. The van der Waals surface area contributed by atoms with Gasteiger partial charge < -0.3 is 14.8 Å². The van der Waals surface area contributed by atoms with E-state index >= 15 is 0 Å². The molecule has 1 N–H and O–H groups in total. The van der Waals surface area contributed by atoms with Crippen LogP contribution in [-0.4, -0.2) is 51.2 Å². The minimum Gasteiger partial charge on any atom is -0.486 e. The number of nitrogens with one attached hydrogen (secondary N) is 1. The molecule has 0 radical (unpaired) electrons. The third kappa shape index (κ3) is 4.97. The SMILES string of the molecule is C=CCN(CCC(=O)Nc1ccc2c(c1)OCCO2)S(C)(=O)=O. The van der Waals surface area contributed by atoms with Crippen LogP contribution in [-0.2, 0) is 14.8 Å². The fourth-order valence-corrected chi connectivity index (χ4v) is 2.91. The molecule has 0 saturated heterocycles. The topological polar surface area (TPSA) is 84.9 Å². The number of hydrogen-bond acceptors (Lipinski definition) is 5. The highest BCUT2D eigenvalue weighted by molar-refractivity contribution is 7.88. The van der Waals surface area contributed by atoms with Gasteiger partial charge in [0.15, 0.2) is 11.5 Å². The lowest BCUT2D eigenvalue weighted by Gasteiger charge is -2.19. The first kappa shape index (κ1) is 17.3. The second kappa shape index (κ2) is 7.47. The molecule has 1 amide bonds. The number of carbonyl (C=O) groups is 1. The van der Waals surface area contributed by atoms with Crippen LogP contribution in [0.15, 0.2) is 30.9 Å². The molecule has 0 saturated carbocycles. The molecule has 1 heterocycles. The quantitative estimate of drug-likeness (QED) is 0.755. The Balaban J connectivity index is 1.93. The zero-order valence-electron chi connectivity index (χ0n) is 12.9. The van der Waals surface area contributed by atoms with Crippen molar-refractivity contribution in [3.8, 4) is 11.5 Å². The van der Waals surface area contributed by atoms with Gasteiger partial charge >= 0.3 is 0 Å². The third-order valence-electron chi connectivity index (χ3n) is 3.22. The smallest absolute Gasteiger partial charge is 0.225 e. The van der Waals surface area contributed by atoms with Crippen LogP contribution in [0.3, 0.4) is 0 Å². The van der Waals surface area contributed by atoms with Crippen LogP contribution in [0.2, 0.25) is 0 Å². The molecule has 0 bridgehead atoms. The molecule has 0 unspecified atom stereocenters. The van der Waals surface area contributed by atoms with Crippen LogP contribution < -0.4 is 14.8 Å². The van der Waals surface area contributed by atoms with E-state index < -0.39 is 10.0 Å². The number of nitrogens with zero attached hydrogens (tertiary/aromatic N) is 1. The molecule has 1 aromatic rings. The summed E-state index contributed by atoms with van der Waals surface area (Å²) in [7, 11) is -3.36. The zero-order valence-corrected chi connectivity index (χ0v) is 13.8. The molecule has 8 heteroatoms. The van der Waals surface area contributed by atoms with E-state index in [0.717, 1.165) is 6.26 Å². The van der Waals surface area contributed by atoms with Crippen molar-refractivity contribution in [3.63, 3.8) is 0 Å². The van der Waals surface area contributed by atoms with E-state index in [9.17, 15) is 13.2 Å². The average molecular weight is 340 g/mol. The molecule has 0 atom stereocenters. The van der Waals surface area contributed by atoms with Crippen LogP contribution in [0.4, 0.5) is 5.69 Å². The van der Waals surface area contributed by atoms with Gasteiger partial charge in [-0.2, -0.15) is 4.31 Å². The van der Waals surface area contributed by atoms with Gasteiger partial charge in [0.25, 0.3) is 0 Å². The molecule has 0 aromatic heterocycles. The van der Waals surface area contributed by atoms with Crippen LogP contribution in [0, 0.1) is 0 Å². The van der Waals surface area contributed by atoms with Gasteiger partial charge in [0, 0.05) is 31.3 Å². The maximum atomic E-state index is 12.0. The van der Waals surface area contributed by atoms with Gasteiger partial charge in [0.05, 0.1) is 6.26 Å². The standard InChI is InChI=1S/C15H20N2O5S/c1-3-7-17(23(2,19)20)8-6-15(18)16-12-4-5-13-14(11-12)22-10-9-21-13/h3-5,11H,1,6-10H2,2H3,(H,16,18). The number of carbonyl (C=O) groups excluding carboxylic acids is 1. The minimum atomic E-state index is -3.36. The van der Waals surface area contributed by atoms with E-state index in [-0.39, 0.29) is 25.4 Å². The molecule has 126 valence electrons. The number of rotatable bonds is 7. The Morgan fingerprint density at radius 1 is 1.35 bits per heavy atom. The summed E-state index contributed by atoms with van der Waals surface area (Å²) in [6, 6.07) is 5.12. The van der Waals surface area contributed by atoms with E-state index in [2.05, 4.69) is 11.9 Å². The highest BCUT2D eigenvalue weighted by Crippen LogP contribution is 2.32. The normalized spacial score (nSPS) is 13.7. The van der Waals surface area contributed by atoms with Gasteiger partial charge in [-0.3, -0.25) is 4.79 Å². The van der Waals surface area contributed by atoms with Crippen LogP contribution in [0.1, 0.15) is 6.42 Å². The first-order valence-corrected chi connectivity index (χ1v) is 9.00. The Labute approximate surface area is 135 Å². The summed E-state index contributed by atoms with van der Waals surface area (Å²) >= 11 is 0. The van der Waals surface area contributed by atoms with Gasteiger partial charge in [-0.15, -0.1) is 6.58 Å². The summed E-state index contributed by atoms with van der Waals surface area (Å²) in [5.74, 6) is 0.946. The van der Waals surface area contributed by atoms with Gasteiger partial charge in [-0.25, -0.2) is 8.42 Å². The number of ether oxygens (including phenoxy) is 2. The largest absolute Gasteiger partial charge is 0.486 e. The first-order valence-electron chi connectivity index (χ1n) is 7.15. The second-order valence-electron chi connectivity index (χ2n) is 5.07. The van der Waals surface area contributed by atoms with Crippen LogP contribution >= 0.6 is 0 Å². The summed E-state index contributed by atoms with van der Waals surface area (Å²) in [6.07, 6.45) is 2.64.